The van der Waals surface area contributed by atoms with Crippen LogP contribution in [0.1, 0.15) is 25.7 Å². The van der Waals surface area contributed by atoms with Crippen LogP contribution in [0.5, 0.6) is 0 Å². The summed E-state index contributed by atoms with van der Waals surface area (Å²) >= 11 is 7.52. The van der Waals surface area contributed by atoms with Crippen molar-refractivity contribution in [1.29, 1.82) is 0 Å². The van der Waals surface area contributed by atoms with Gasteiger partial charge >= 0.3 is 0 Å². The van der Waals surface area contributed by atoms with E-state index in [0.29, 0.717) is 28.4 Å². The Morgan fingerprint density at radius 2 is 2.32 bits per heavy atom. The van der Waals surface area contributed by atoms with Gasteiger partial charge < -0.3 is 10.6 Å². The number of hydrogen-bond donors (Lipinski definition) is 3. The highest BCUT2D eigenvalue weighted by Crippen LogP contribution is 2.28. The summed E-state index contributed by atoms with van der Waals surface area (Å²) in [6.45, 7) is 1.77. The van der Waals surface area contributed by atoms with Gasteiger partial charge in [-0.1, -0.05) is 18.0 Å². The fraction of sp³-hybridized carbons (Fsp3) is 0.438. The maximum atomic E-state index is 14.3. The summed E-state index contributed by atoms with van der Waals surface area (Å²) in [5.41, 5.74) is 0.518. The van der Waals surface area contributed by atoms with Crippen molar-refractivity contribution in [3.8, 4) is 0 Å². The molecule has 1 aliphatic heterocycles. The van der Waals surface area contributed by atoms with Crippen LogP contribution < -0.4 is 15.4 Å². The minimum atomic E-state index is -1.75. The Hall–Kier alpha value is -1.22. The third kappa shape index (κ3) is 5.13. The number of halogens is 2. The molecular weight excluding hydrogens is 383 g/mol. The van der Waals surface area contributed by atoms with Gasteiger partial charge in [0.15, 0.2) is 16.1 Å². The number of nitrogens with one attached hydrogen (secondary N) is 3. The van der Waals surface area contributed by atoms with Crippen LogP contribution in [-0.4, -0.2) is 28.3 Å². The zero-order valence-electron chi connectivity index (χ0n) is 13.6. The monoisotopic (exact) mass is 402 g/mol. The quantitative estimate of drug-likeness (QED) is 0.654. The highest BCUT2D eigenvalue weighted by molar-refractivity contribution is 7.86. The summed E-state index contributed by atoms with van der Waals surface area (Å²) in [5.74, 6) is -0.565. The van der Waals surface area contributed by atoms with Crippen LogP contribution >= 0.6 is 22.9 Å². The first-order chi connectivity index (χ1) is 12.1. The molecule has 1 aromatic heterocycles. The van der Waals surface area contributed by atoms with Crippen molar-refractivity contribution in [2.24, 2.45) is 0 Å². The van der Waals surface area contributed by atoms with Gasteiger partial charge in [0.1, 0.15) is 5.82 Å². The van der Waals surface area contributed by atoms with Gasteiger partial charge in [-0.25, -0.2) is 13.6 Å². The first-order valence-electron chi connectivity index (χ1n) is 8.17. The van der Waals surface area contributed by atoms with Crippen molar-refractivity contribution in [3.05, 3.63) is 34.5 Å². The molecule has 2 aromatic rings. The van der Waals surface area contributed by atoms with E-state index >= 15 is 0 Å². The van der Waals surface area contributed by atoms with E-state index in [1.165, 1.54) is 42.7 Å². The molecule has 3 N–H and O–H groups in total. The largest absolute Gasteiger partial charge is 0.384 e. The Morgan fingerprint density at radius 1 is 1.44 bits per heavy atom. The van der Waals surface area contributed by atoms with Crippen LogP contribution in [0.4, 0.5) is 15.2 Å². The fourth-order valence-corrected chi connectivity index (χ4v) is 4.63. The van der Waals surface area contributed by atoms with Crippen molar-refractivity contribution < 1.29 is 8.60 Å². The SMILES string of the molecule is O=S(Nc1nccs1)c1cc(Cl)c(NCCC2CCCCN2)cc1F. The molecule has 0 bridgehead atoms. The third-order valence-electron chi connectivity index (χ3n) is 4.05. The number of nitrogens with zero attached hydrogens (tertiary/aromatic N) is 1. The first kappa shape index (κ1) is 18.6. The molecule has 1 aromatic carbocycles. The van der Waals surface area contributed by atoms with Gasteiger partial charge in [0.05, 0.1) is 15.6 Å². The number of thiazole rings is 1. The van der Waals surface area contributed by atoms with Crippen LogP contribution in [0, 0.1) is 5.82 Å². The van der Waals surface area contributed by atoms with E-state index in [1.54, 1.807) is 11.6 Å². The van der Waals surface area contributed by atoms with Crippen LogP contribution in [-0.2, 0) is 11.0 Å². The van der Waals surface area contributed by atoms with Gasteiger partial charge in [0.2, 0.25) is 0 Å². The Morgan fingerprint density at radius 3 is 3.04 bits per heavy atom. The van der Waals surface area contributed by atoms with Crippen molar-refractivity contribution in [3.63, 3.8) is 0 Å². The lowest BCUT2D eigenvalue weighted by Crippen LogP contribution is -2.35. The smallest absolute Gasteiger partial charge is 0.194 e. The van der Waals surface area contributed by atoms with E-state index in [9.17, 15) is 8.60 Å². The predicted molar refractivity (Wildman–Crippen MR) is 102 cm³/mol. The standard InChI is InChI=1S/C16H20ClFN4OS2/c17-12-9-15(25(23)22-16-21-7-8-24-16)13(18)10-14(12)20-6-4-11-3-1-2-5-19-11/h7-11,19-20H,1-6H2,(H,21,22). The van der Waals surface area contributed by atoms with Crippen molar-refractivity contribution in [2.45, 2.75) is 36.6 Å². The summed E-state index contributed by atoms with van der Waals surface area (Å²) < 4.78 is 29.3. The molecule has 0 radical (unpaired) electrons. The number of anilines is 2. The van der Waals surface area contributed by atoms with E-state index in [1.807, 2.05) is 0 Å². The van der Waals surface area contributed by atoms with Crippen molar-refractivity contribution in [2.75, 3.05) is 23.1 Å². The van der Waals surface area contributed by atoms with Crippen LogP contribution in [0.2, 0.25) is 5.02 Å². The second kappa shape index (κ2) is 8.93. The van der Waals surface area contributed by atoms with Crippen LogP contribution in [0.3, 0.4) is 0 Å². The molecule has 5 nitrogen and oxygen atoms in total. The molecule has 0 amide bonds. The average Bonchev–Trinajstić information content (AvgIpc) is 3.11. The highest BCUT2D eigenvalue weighted by Gasteiger charge is 2.16. The third-order valence-corrected chi connectivity index (χ3v) is 6.28. The molecule has 0 saturated carbocycles. The Kier molecular flexibility index (Phi) is 6.63. The second-order valence-electron chi connectivity index (χ2n) is 5.83. The lowest BCUT2D eigenvalue weighted by atomic mass is 10.0. The van der Waals surface area contributed by atoms with Crippen LogP contribution in [0.25, 0.3) is 0 Å². The lowest BCUT2D eigenvalue weighted by Gasteiger charge is -2.23. The van der Waals surface area contributed by atoms with E-state index in [-0.39, 0.29) is 4.90 Å². The van der Waals surface area contributed by atoms with Gasteiger partial charge in [-0.2, -0.15) is 0 Å². The van der Waals surface area contributed by atoms with E-state index < -0.39 is 16.8 Å². The first-order valence-corrected chi connectivity index (χ1v) is 10.6. The van der Waals surface area contributed by atoms with Gasteiger partial charge in [0, 0.05) is 24.2 Å². The van der Waals surface area contributed by atoms with E-state index in [4.69, 9.17) is 11.6 Å². The zero-order valence-corrected chi connectivity index (χ0v) is 15.9. The van der Waals surface area contributed by atoms with Gasteiger partial charge in [0.25, 0.3) is 0 Å². The minimum absolute atomic E-state index is 0.0136. The van der Waals surface area contributed by atoms with Gasteiger partial charge in [-0.15, -0.1) is 11.3 Å². The molecule has 2 unspecified atom stereocenters. The second-order valence-corrected chi connectivity index (χ2v) is 8.32. The molecule has 0 spiro atoms. The maximum Gasteiger partial charge on any atom is 0.194 e. The van der Waals surface area contributed by atoms with Crippen molar-refractivity contribution in [1.82, 2.24) is 10.3 Å². The Labute approximate surface area is 158 Å². The lowest BCUT2D eigenvalue weighted by molar-refractivity contribution is 0.389. The molecule has 9 heteroatoms. The molecule has 3 rings (SSSR count). The minimum Gasteiger partial charge on any atom is -0.384 e. The molecule has 1 fully saturated rings. The fourth-order valence-electron chi connectivity index (χ4n) is 2.77. The molecule has 1 saturated heterocycles. The molecule has 2 atom stereocenters. The summed E-state index contributed by atoms with van der Waals surface area (Å²) in [4.78, 5) is 3.99. The number of rotatable bonds is 7. The number of aromatic nitrogens is 1. The van der Waals surface area contributed by atoms with Crippen molar-refractivity contribution >= 4 is 44.7 Å². The summed E-state index contributed by atoms with van der Waals surface area (Å²) in [6, 6.07) is 3.20. The number of benzene rings is 1. The predicted octanol–water partition coefficient (Wildman–Crippen LogP) is 4.01. The normalized spacial score (nSPS) is 18.7. The molecule has 0 aliphatic carbocycles. The summed E-state index contributed by atoms with van der Waals surface area (Å²) in [5, 5.41) is 9.21. The summed E-state index contributed by atoms with van der Waals surface area (Å²) in [7, 11) is -1.75. The molecule has 1 aliphatic rings. The van der Waals surface area contributed by atoms with E-state index in [2.05, 4.69) is 20.3 Å². The zero-order chi connectivity index (χ0) is 17.6. The highest BCUT2D eigenvalue weighted by atomic mass is 35.5. The molecule has 136 valence electrons. The molecule has 25 heavy (non-hydrogen) atoms. The summed E-state index contributed by atoms with van der Waals surface area (Å²) in [6.07, 6.45) is 6.19. The molecule has 2 heterocycles. The Balaban J connectivity index is 1.60. The number of piperidine rings is 1. The van der Waals surface area contributed by atoms with Gasteiger partial charge in [-0.05, 0) is 37.9 Å². The average molecular weight is 403 g/mol. The number of hydrogen-bond acceptors (Lipinski definition) is 5. The maximum absolute atomic E-state index is 14.3. The topological polar surface area (TPSA) is 66.0 Å². The molecular formula is C16H20ClFN4OS2. The van der Waals surface area contributed by atoms with Gasteiger partial charge in [-0.3, -0.25) is 4.72 Å². The van der Waals surface area contributed by atoms with Crippen LogP contribution in [0.15, 0.2) is 28.6 Å². The Bertz CT molecular complexity index is 723. The van der Waals surface area contributed by atoms with E-state index in [0.717, 1.165) is 13.0 Å².